The lowest BCUT2D eigenvalue weighted by Gasteiger charge is -2.42. The molecule has 0 aromatic heterocycles. The van der Waals surface area contributed by atoms with E-state index in [9.17, 15) is 5.11 Å². The predicted octanol–water partition coefficient (Wildman–Crippen LogP) is 2.39. The minimum Gasteiger partial charge on any atom is -0.389 e. The molecule has 0 amide bonds. The van der Waals surface area contributed by atoms with Crippen LogP contribution in [0.25, 0.3) is 0 Å². The van der Waals surface area contributed by atoms with E-state index in [1.807, 2.05) is 0 Å². The van der Waals surface area contributed by atoms with Crippen LogP contribution in [0.1, 0.15) is 58.8 Å². The topological polar surface area (TPSA) is 35.5 Å². The van der Waals surface area contributed by atoms with E-state index >= 15 is 0 Å². The summed E-state index contributed by atoms with van der Waals surface area (Å²) in [4.78, 5) is 2.50. The molecule has 2 N–H and O–H groups in total. The number of piperidine rings is 1. The lowest BCUT2D eigenvalue weighted by molar-refractivity contribution is -0.0362. The summed E-state index contributed by atoms with van der Waals surface area (Å²) < 4.78 is 0. The first-order valence-corrected chi connectivity index (χ1v) is 8.31. The normalized spacial score (nSPS) is 32.4. The van der Waals surface area contributed by atoms with E-state index in [0.29, 0.717) is 12.0 Å². The molecule has 3 nitrogen and oxygen atoms in total. The summed E-state index contributed by atoms with van der Waals surface area (Å²) in [6.07, 6.45) is 8.19. The highest BCUT2D eigenvalue weighted by atomic mass is 16.3. The highest BCUT2D eigenvalue weighted by molar-refractivity contribution is 4.89. The van der Waals surface area contributed by atoms with E-state index in [4.69, 9.17) is 0 Å². The Balaban J connectivity index is 1.77. The smallest absolute Gasteiger partial charge is 0.0774 e. The standard InChI is InChI=1S/C16H32N2O/c1-3-10-17-15-7-11-18(12-14(15)2)13-16(19)8-5-4-6-9-16/h14-15,17,19H,3-13H2,1-2H3. The molecule has 0 aromatic carbocycles. The maximum atomic E-state index is 10.7. The number of hydrogen-bond donors (Lipinski definition) is 2. The summed E-state index contributed by atoms with van der Waals surface area (Å²) in [5, 5.41) is 14.3. The first-order valence-electron chi connectivity index (χ1n) is 8.31. The average Bonchev–Trinajstić information content (AvgIpc) is 2.38. The van der Waals surface area contributed by atoms with E-state index in [0.717, 1.165) is 39.0 Å². The summed E-state index contributed by atoms with van der Waals surface area (Å²) >= 11 is 0. The van der Waals surface area contributed by atoms with Crippen LogP contribution in [0.3, 0.4) is 0 Å². The van der Waals surface area contributed by atoms with E-state index in [1.165, 1.54) is 32.1 Å². The molecule has 2 fully saturated rings. The van der Waals surface area contributed by atoms with Crippen LogP contribution in [0.5, 0.6) is 0 Å². The van der Waals surface area contributed by atoms with Crippen molar-refractivity contribution in [1.29, 1.82) is 0 Å². The molecule has 0 radical (unpaired) electrons. The molecule has 112 valence electrons. The Bertz CT molecular complexity index is 263. The summed E-state index contributed by atoms with van der Waals surface area (Å²) in [6.45, 7) is 8.91. The van der Waals surface area contributed by atoms with Crippen molar-refractivity contribution in [2.75, 3.05) is 26.2 Å². The average molecular weight is 268 g/mol. The lowest BCUT2D eigenvalue weighted by Crippen LogP contribution is -2.53. The van der Waals surface area contributed by atoms with Crippen molar-refractivity contribution in [3.05, 3.63) is 0 Å². The Labute approximate surface area is 118 Å². The maximum absolute atomic E-state index is 10.7. The quantitative estimate of drug-likeness (QED) is 0.803. The highest BCUT2D eigenvalue weighted by Crippen LogP contribution is 2.30. The minimum atomic E-state index is -0.387. The van der Waals surface area contributed by atoms with Gasteiger partial charge in [-0.25, -0.2) is 0 Å². The number of nitrogens with zero attached hydrogens (tertiary/aromatic N) is 1. The van der Waals surface area contributed by atoms with E-state index in [2.05, 4.69) is 24.1 Å². The van der Waals surface area contributed by atoms with Crippen LogP contribution in [-0.2, 0) is 0 Å². The molecule has 2 aliphatic rings. The summed E-state index contributed by atoms with van der Waals surface area (Å²) in [6, 6.07) is 0.678. The van der Waals surface area contributed by atoms with Crippen molar-refractivity contribution in [2.45, 2.75) is 70.4 Å². The molecule has 1 heterocycles. The second-order valence-electron chi connectivity index (χ2n) is 6.85. The van der Waals surface area contributed by atoms with Gasteiger partial charge in [-0.05, 0) is 44.7 Å². The number of aliphatic hydroxyl groups is 1. The number of nitrogens with one attached hydrogen (secondary N) is 1. The fraction of sp³-hybridized carbons (Fsp3) is 1.00. The summed E-state index contributed by atoms with van der Waals surface area (Å²) in [7, 11) is 0. The lowest BCUT2D eigenvalue weighted by atomic mass is 9.83. The Hall–Kier alpha value is -0.120. The van der Waals surface area contributed by atoms with Crippen LogP contribution in [-0.4, -0.2) is 47.8 Å². The Morgan fingerprint density at radius 3 is 2.63 bits per heavy atom. The Morgan fingerprint density at radius 2 is 2.00 bits per heavy atom. The van der Waals surface area contributed by atoms with Gasteiger partial charge in [-0.15, -0.1) is 0 Å². The molecule has 0 bridgehead atoms. The van der Waals surface area contributed by atoms with Gasteiger partial charge in [0.2, 0.25) is 0 Å². The largest absolute Gasteiger partial charge is 0.389 e. The minimum absolute atomic E-state index is 0.387. The van der Waals surface area contributed by atoms with E-state index in [-0.39, 0.29) is 5.60 Å². The van der Waals surface area contributed by atoms with Crippen molar-refractivity contribution in [3.8, 4) is 0 Å². The molecule has 1 aliphatic carbocycles. The van der Waals surface area contributed by atoms with Crippen molar-refractivity contribution in [1.82, 2.24) is 10.2 Å². The summed E-state index contributed by atoms with van der Waals surface area (Å²) in [5.41, 5.74) is -0.387. The Kier molecular flexibility index (Phi) is 5.67. The van der Waals surface area contributed by atoms with Crippen LogP contribution < -0.4 is 5.32 Å². The first kappa shape index (κ1) is 15.3. The number of hydrogen-bond acceptors (Lipinski definition) is 3. The molecule has 1 aliphatic heterocycles. The second-order valence-corrected chi connectivity index (χ2v) is 6.85. The van der Waals surface area contributed by atoms with Gasteiger partial charge in [0, 0.05) is 19.1 Å². The van der Waals surface area contributed by atoms with Gasteiger partial charge in [-0.2, -0.15) is 0 Å². The molecule has 19 heavy (non-hydrogen) atoms. The van der Waals surface area contributed by atoms with Gasteiger partial charge < -0.3 is 15.3 Å². The molecular weight excluding hydrogens is 236 g/mol. The molecule has 2 unspecified atom stereocenters. The zero-order chi connectivity index (χ0) is 13.7. The van der Waals surface area contributed by atoms with Gasteiger partial charge >= 0.3 is 0 Å². The van der Waals surface area contributed by atoms with Crippen molar-refractivity contribution >= 4 is 0 Å². The third-order valence-corrected chi connectivity index (χ3v) is 4.95. The van der Waals surface area contributed by atoms with Crippen LogP contribution in [0, 0.1) is 5.92 Å². The molecule has 2 atom stereocenters. The molecule has 1 saturated carbocycles. The third-order valence-electron chi connectivity index (χ3n) is 4.95. The molecule has 3 heteroatoms. The van der Waals surface area contributed by atoms with Gasteiger partial charge in [-0.3, -0.25) is 0 Å². The fourth-order valence-electron chi connectivity index (χ4n) is 3.79. The highest BCUT2D eigenvalue weighted by Gasteiger charge is 2.34. The summed E-state index contributed by atoms with van der Waals surface area (Å²) in [5.74, 6) is 0.701. The fourth-order valence-corrected chi connectivity index (χ4v) is 3.79. The predicted molar refractivity (Wildman–Crippen MR) is 80.3 cm³/mol. The van der Waals surface area contributed by atoms with Crippen LogP contribution in [0.15, 0.2) is 0 Å². The zero-order valence-electron chi connectivity index (χ0n) is 12.8. The van der Waals surface area contributed by atoms with Crippen molar-refractivity contribution in [3.63, 3.8) is 0 Å². The van der Waals surface area contributed by atoms with Gasteiger partial charge in [0.25, 0.3) is 0 Å². The zero-order valence-corrected chi connectivity index (χ0v) is 12.8. The SMILES string of the molecule is CCCNC1CCN(CC2(O)CCCCC2)CC1C. The number of rotatable bonds is 5. The molecule has 1 saturated heterocycles. The molecule has 0 aromatic rings. The molecule has 2 rings (SSSR count). The van der Waals surface area contributed by atoms with Crippen LogP contribution in [0.4, 0.5) is 0 Å². The second kappa shape index (κ2) is 7.05. The third kappa shape index (κ3) is 4.44. The van der Waals surface area contributed by atoms with Crippen molar-refractivity contribution < 1.29 is 5.11 Å². The van der Waals surface area contributed by atoms with Crippen molar-refractivity contribution in [2.24, 2.45) is 5.92 Å². The monoisotopic (exact) mass is 268 g/mol. The molecule has 0 spiro atoms. The first-order chi connectivity index (χ1) is 9.13. The maximum Gasteiger partial charge on any atom is 0.0774 e. The van der Waals surface area contributed by atoms with E-state index < -0.39 is 0 Å². The van der Waals surface area contributed by atoms with E-state index in [1.54, 1.807) is 0 Å². The van der Waals surface area contributed by atoms with Gasteiger partial charge in [0.05, 0.1) is 5.60 Å². The number of likely N-dealkylation sites (tertiary alicyclic amines) is 1. The van der Waals surface area contributed by atoms with Gasteiger partial charge in [0.15, 0.2) is 0 Å². The van der Waals surface area contributed by atoms with Crippen LogP contribution in [0.2, 0.25) is 0 Å². The van der Waals surface area contributed by atoms with Gasteiger partial charge in [0.1, 0.15) is 0 Å². The number of β-amino-alcohol motifs (C(OH)–C–C–N with tert-alkyl or cyclic N) is 1. The van der Waals surface area contributed by atoms with Crippen LogP contribution >= 0.6 is 0 Å². The molecular formula is C16H32N2O. The Morgan fingerprint density at radius 1 is 1.26 bits per heavy atom. The van der Waals surface area contributed by atoms with Gasteiger partial charge in [-0.1, -0.05) is 33.1 Å².